The smallest absolute Gasteiger partial charge is 0.326 e. The summed E-state index contributed by atoms with van der Waals surface area (Å²) in [6.45, 7) is 15.9. The van der Waals surface area contributed by atoms with Gasteiger partial charge in [-0.15, -0.1) is 0 Å². The molecule has 0 spiro atoms. The molecule has 0 aromatic rings. The number of unbranched alkanes of at least 4 members (excludes halogenated alkanes) is 5. The second kappa shape index (κ2) is 15.0. The first kappa shape index (κ1) is 33.1. The second-order valence-corrected chi connectivity index (χ2v) is 13.8. The molecule has 0 saturated heterocycles. The Morgan fingerprint density at radius 2 is 1.66 bits per heavy atom. The van der Waals surface area contributed by atoms with Gasteiger partial charge in [0.05, 0.1) is 12.2 Å². The van der Waals surface area contributed by atoms with Crippen molar-refractivity contribution in [2.24, 2.45) is 29.4 Å². The van der Waals surface area contributed by atoms with Crippen LogP contribution in [-0.2, 0) is 23.8 Å². The fraction of sp³-hybridized carbons (Fsp3) is 0.938. The van der Waals surface area contributed by atoms with E-state index in [0.717, 1.165) is 38.5 Å². The third-order valence-electron chi connectivity index (χ3n) is 8.74. The summed E-state index contributed by atoms with van der Waals surface area (Å²) in [5.41, 5.74) is 4.83. The molecule has 2 aliphatic carbocycles. The predicted molar refractivity (Wildman–Crippen MR) is 154 cm³/mol. The average molecular weight is 538 g/mol. The first-order chi connectivity index (χ1) is 17.8. The Balaban J connectivity index is 1.88. The molecule has 2 bridgehead atoms. The van der Waals surface area contributed by atoms with E-state index in [-0.39, 0.29) is 23.5 Å². The van der Waals surface area contributed by atoms with Crippen LogP contribution in [0.2, 0.25) is 0 Å². The van der Waals surface area contributed by atoms with E-state index in [1.54, 1.807) is 0 Å². The van der Waals surface area contributed by atoms with Crippen LogP contribution >= 0.6 is 0 Å². The van der Waals surface area contributed by atoms with Crippen LogP contribution in [0.25, 0.3) is 0 Å². The van der Waals surface area contributed by atoms with Gasteiger partial charge in [0.1, 0.15) is 11.1 Å². The van der Waals surface area contributed by atoms with Crippen LogP contribution in [0, 0.1) is 23.7 Å². The molecular formula is C32H59NO5. The number of rotatable bonds is 17. The molecule has 6 nitrogen and oxygen atoms in total. The molecule has 6 heteroatoms. The molecule has 2 rings (SSSR count). The van der Waals surface area contributed by atoms with Gasteiger partial charge in [-0.1, -0.05) is 73.6 Å². The van der Waals surface area contributed by atoms with Crippen LogP contribution < -0.4 is 5.73 Å². The summed E-state index contributed by atoms with van der Waals surface area (Å²) in [7, 11) is 0. The molecule has 38 heavy (non-hydrogen) atoms. The van der Waals surface area contributed by atoms with Gasteiger partial charge in [-0.25, -0.2) is 0 Å². The monoisotopic (exact) mass is 537 g/mol. The van der Waals surface area contributed by atoms with Crippen molar-refractivity contribution in [3.8, 4) is 0 Å². The Morgan fingerprint density at radius 3 is 2.32 bits per heavy atom. The summed E-state index contributed by atoms with van der Waals surface area (Å²) in [6.07, 6.45) is 13.2. The zero-order chi connectivity index (χ0) is 28.4. The summed E-state index contributed by atoms with van der Waals surface area (Å²) >= 11 is 0. The minimum Gasteiger partial charge on any atom is -0.466 e. The average Bonchev–Trinajstić information content (AvgIpc) is 2.79. The highest BCUT2D eigenvalue weighted by Gasteiger charge is 2.54. The van der Waals surface area contributed by atoms with Gasteiger partial charge in [0.15, 0.2) is 0 Å². The topological polar surface area (TPSA) is 87.9 Å². The summed E-state index contributed by atoms with van der Waals surface area (Å²) in [4.78, 5) is 25.7. The van der Waals surface area contributed by atoms with Crippen molar-refractivity contribution < 1.29 is 23.8 Å². The summed E-state index contributed by atoms with van der Waals surface area (Å²) < 4.78 is 18.3. The van der Waals surface area contributed by atoms with Crippen LogP contribution in [0.15, 0.2) is 0 Å². The molecular weight excluding hydrogens is 478 g/mol. The molecule has 2 N–H and O–H groups in total. The molecule has 0 radical (unpaired) electrons. The lowest BCUT2D eigenvalue weighted by molar-refractivity contribution is -0.205. The zero-order valence-corrected chi connectivity index (χ0v) is 25.7. The van der Waals surface area contributed by atoms with E-state index in [9.17, 15) is 9.59 Å². The fourth-order valence-corrected chi connectivity index (χ4v) is 7.07. The molecule has 0 amide bonds. The van der Waals surface area contributed by atoms with Gasteiger partial charge < -0.3 is 19.9 Å². The Labute approximate surface area is 233 Å². The van der Waals surface area contributed by atoms with Gasteiger partial charge >= 0.3 is 11.9 Å². The van der Waals surface area contributed by atoms with Crippen molar-refractivity contribution in [1.82, 2.24) is 0 Å². The lowest BCUT2D eigenvalue weighted by atomic mass is 9.61. The Morgan fingerprint density at radius 1 is 0.974 bits per heavy atom. The minimum atomic E-state index is -0.982. The molecule has 0 heterocycles. The number of hydrogen-bond donors (Lipinski definition) is 1. The van der Waals surface area contributed by atoms with Crippen molar-refractivity contribution in [2.45, 2.75) is 155 Å². The molecule has 2 saturated carbocycles. The lowest BCUT2D eigenvalue weighted by Crippen LogP contribution is -2.60. The highest BCUT2D eigenvalue weighted by Crippen LogP contribution is 2.52. The maximum atomic E-state index is 13.6. The number of hydrogen-bond acceptors (Lipinski definition) is 6. The molecule has 222 valence electrons. The van der Waals surface area contributed by atoms with E-state index in [1.807, 2.05) is 13.8 Å². The van der Waals surface area contributed by atoms with Crippen molar-refractivity contribution in [3.63, 3.8) is 0 Å². The maximum Gasteiger partial charge on any atom is 0.326 e. The van der Waals surface area contributed by atoms with Crippen LogP contribution in [0.1, 0.15) is 138 Å². The van der Waals surface area contributed by atoms with E-state index in [2.05, 4.69) is 34.6 Å². The van der Waals surface area contributed by atoms with Gasteiger partial charge in [-0.05, 0) is 75.5 Å². The van der Waals surface area contributed by atoms with Gasteiger partial charge in [0.2, 0.25) is 0 Å². The number of nitrogens with two attached hydrogens (primary N) is 1. The SMILES string of the molecule is CCCCCCCCOC(=O)CCCOC1(C)CC2CC(C)CC(OC(=O)C(N)(CC(C)C)C(C)C)(C2)C1. The van der Waals surface area contributed by atoms with Crippen molar-refractivity contribution in [2.75, 3.05) is 13.2 Å². The Hall–Kier alpha value is -1.14. The van der Waals surface area contributed by atoms with Crippen molar-refractivity contribution in [1.29, 1.82) is 0 Å². The number of fused-ring (bicyclic) bond motifs is 2. The fourth-order valence-electron chi connectivity index (χ4n) is 7.07. The van der Waals surface area contributed by atoms with E-state index < -0.39 is 11.1 Å². The van der Waals surface area contributed by atoms with Gasteiger partial charge in [0.25, 0.3) is 0 Å². The Bertz CT molecular complexity index is 735. The molecule has 0 aromatic heterocycles. The molecule has 0 aromatic carbocycles. The van der Waals surface area contributed by atoms with Gasteiger partial charge in [0, 0.05) is 19.4 Å². The van der Waals surface area contributed by atoms with E-state index in [4.69, 9.17) is 19.9 Å². The highest BCUT2D eigenvalue weighted by atomic mass is 16.6. The van der Waals surface area contributed by atoms with E-state index in [1.165, 1.54) is 25.7 Å². The minimum absolute atomic E-state index is 0.00218. The number of ether oxygens (including phenoxy) is 3. The summed E-state index contributed by atoms with van der Waals surface area (Å²) in [5.74, 6) is 0.880. The first-order valence-corrected chi connectivity index (χ1v) is 15.6. The van der Waals surface area contributed by atoms with Crippen LogP contribution in [-0.4, -0.2) is 41.9 Å². The van der Waals surface area contributed by atoms with Crippen LogP contribution in [0.3, 0.4) is 0 Å². The number of carbonyl (C=O) groups is 2. The van der Waals surface area contributed by atoms with Gasteiger partial charge in [-0.2, -0.15) is 0 Å². The van der Waals surface area contributed by atoms with Crippen molar-refractivity contribution in [3.05, 3.63) is 0 Å². The highest BCUT2D eigenvalue weighted by molar-refractivity contribution is 5.81. The molecule has 2 fully saturated rings. The standard InChI is InChI=1S/C32H59NO5/c1-8-9-10-11-12-13-16-36-28(34)15-14-17-37-30(7)21-27-18-26(6)20-31(22-27,23-30)38-29(35)32(33,25(4)5)19-24(2)3/h24-27H,8-23,33H2,1-7H3. The Kier molecular flexibility index (Phi) is 13.1. The van der Waals surface area contributed by atoms with Crippen molar-refractivity contribution >= 4 is 11.9 Å². The predicted octanol–water partition coefficient (Wildman–Crippen LogP) is 7.36. The molecule has 2 aliphatic rings. The third-order valence-corrected chi connectivity index (χ3v) is 8.74. The van der Waals surface area contributed by atoms with E-state index >= 15 is 0 Å². The largest absolute Gasteiger partial charge is 0.466 e. The second-order valence-electron chi connectivity index (χ2n) is 13.8. The first-order valence-electron chi connectivity index (χ1n) is 15.6. The zero-order valence-electron chi connectivity index (χ0n) is 25.7. The van der Waals surface area contributed by atoms with Crippen LogP contribution in [0.5, 0.6) is 0 Å². The van der Waals surface area contributed by atoms with E-state index in [0.29, 0.717) is 56.7 Å². The lowest BCUT2D eigenvalue weighted by Gasteiger charge is -2.54. The molecule has 5 atom stereocenters. The molecule has 5 unspecified atom stereocenters. The summed E-state index contributed by atoms with van der Waals surface area (Å²) in [5, 5.41) is 0. The quantitative estimate of drug-likeness (QED) is 0.154. The maximum absolute atomic E-state index is 13.6. The molecule has 0 aliphatic heterocycles. The van der Waals surface area contributed by atoms with Crippen LogP contribution in [0.4, 0.5) is 0 Å². The normalized spacial score (nSPS) is 28.8. The van der Waals surface area contributed by atoms with Gasteiger partial charge in [-0.3, -0.25) is 9.59 Å². The summed E-state index contributed by atoms with van der Waals surface area (Å²) in [6, 6.07) is 0. The third kappa shape index (κ3) is 10.1. The number of esters is 2. The number of carbonyl (C=O) groups excluding carboxylic acids is 2.